The molecule has 0 atom stereocenters. The third-order valence-electron chi connectivity index (χ3n) is 6.46. The van der Waals surface area contributed by atoms with Crippen LogP contribution >= 0.6 is 27.3 Å². The molecule has 38 heavy (non-hydrogen) atoms. The number of morpholine rings is 1. The van der Waals surface area contributed by atoms with Crippen LogP contribution in [0, 0.1) is 0 Å². The van der Waals surface area contributed by atoms with Crippen molar-refractivity contribution in [3.63, 3.8) is 0 Å². The van der Waals surface area contributed by atoms with E-state index in [2.05, 4.69) is 20.8 Å². The largest absolute Gasteiger partial charge is 0.379 e. The Morgan fingerprint density at radius 1 is 1.05 bits per heavy atom. The fourth-order valence-electron chi connectivity index (χ4n) is 4.49. The van der Waals surface area contributed by atoms with E-state index in [0.717, 1.165) is 66.8 Å². The van der Waals surface area contributed by atoms with Gasteiger partial charge in [0.05, 0.1) is 28.3 Å². The van der Waals surface area contributed by atoms with Crippen molar-refractivity contribution in [2.45, 2.75) is 38.0 Å². The second-order valence-corrected chi connectivity index (χ2v) is 13.2. The summed E-state index contributed by atoms with van der Waals surface area (Å²) in [5, 5.41) is 0.638. The number of hydrogen-bond donors (Lipinski definition) is 0. The molecular weight excluding hydrogens is 588 g/mol. The number of ether oxygens (including phenoxy) is 1. The Hall–Kier alpha value is -1.89. The van der Waals surface area contributed by atoms with Gasteiger partial charge in [0.2, 0.25) is 10.0 Å². The Kier molecular flexibility index (Phi) is 10.3. The molecule has 0 spiro atoms. The second kappa shape index (κ2) is 13.5. The number of carbonyl (C=O) groups excluding carboxylic acids is 1. The minimum absolute atomic E-state index is 0.187. The number of halogens is 1. The van der Waals surface area contributed by atoms with E-state index in [9.17, 15) is 13.2 Å². The van der Waals surface area contributed by atoms with E-state index in [1.807, 2.05) is 32.0 Å². The first kappa shape index (κ1) is 29.1. The van der Waals surface area contributed by atoms with E-state index in [1.165, 1.54) is 15.6 Å². The van der Waals surface area contributed by atoms with E-state index in [4.69, 9.17) is 9.72 Å². The molecule has 1 aliphatic rings. The monoisotopic (exact) mass is 622 g/mol. The van der Waals surface area contributed by atoms with Gasteiger partial charge in [-0.25, -0.2) is 13.4 Å². The number of benzene rings is 2. The van der Waals surface area contributed by atoms with Gasteiger partial charge in [0.15, 0.2) is 5.13 Å². The first-order chi connectivity index (χ1) is 18.3. The standard InChI is InChI=1S/C27H35BrN4O4S2/c1-3-12-31(13-4-2)38(34,35)23-9-6-21(7-10-23)26(33)32(15-5-14-30-16-18-36-19-17-30)27-29-24-11-8-22(28)20-25(24)37-27/h6-11,20H,3-5,12-19H2,1-2H3. The molecular formula is C27H35BrN4O4S2. The molecule has 1 saturated heterocycles. The molecule has 3 aromatic rings. The average molecular weight is 624 g/mol. The predicted molar refractivity (Wildman–Crippen MR) is 157 cm³/mol. The van der Waals surface area contributed by atoms with E-state index < -0.39 is 10.0 Å². The highest BCUT2D eigenvalue weighted by molar-refractivity contribution is 9.10. The molecule has 0 radical (unpaired) electrons. The normalized spacial score (nSPS) is 14.8. The number of amides is 1. The predicted octanol–water partition coefficient (Wildman–Crippen LogP) is 5.24. The maximum atomic E-state index is 13.8. The summed E-state index contributed by atoms with van der Waals surface area (Å²) in [5.74, 6) is -0.187. The Bertz CT molecular complexity index is 1320. The summed E-state index contributed by atoms with van der Waals surface area (Å²) in [6, 6.07) is 12.2. The number of rotatable bonds is 12. The molecule has 206 valence electrons. The Balaban J connectivity index is 1.57. The number of hydrogen-bond acceptors (Lipinski definition) is 7. The molecule has 0 unspecified atom stereocenters. The molecule has 1 amide bonds. The number of nitrogens with zero attached hydrogens (tertiary/aromatic N) is 4. The molecule has 1 fully saturated rings. The lowest BCUT2D eigenvalue weighted by Crippen LogP contribution is -2.39. The molecule has 4 rings (SSSR count). The number of carbonyl (C=O) groups is 1. The lowest BCUT2D eigenvalue weighted by atomic mass is 10.2. The van der Waals surface area contributed by atoms with Crippen LogP contribution in [0.2, 0.25) is 0 Å². The molecule has 1 aliphatic heterocycles. The molecule has 0 aliphatic carbocycles. The van der Waals surface area contributed by atoms with Gasteiger partial charge in [0.1, 0.15) is 0 Å². The summed E-state index contributed by atoms with van der Waals surface area (Å²) in [5.41, 5.74) is 1.28. The SMILES string of the molecule is CCCN(CCC)S(=O)(=O)c1ccc(C(=O)N(CCCN2CCOCC2)c2nc3ccc(Br)cc3s2)cc1. The zero-order valence-corrected chi connectivity index (χ0v) is 25.2. The highest BCUT2D eigenvalue weighted by atomic mass is 79.9. The van der Waals surface area contributed by atoms with Crippen molar-refractivity contribution in [3.8, 4) is 0 Å². The van der Waals surface area contributed by atoms with Crippen LogP contribution in [-0.4, -0.2) is 81.0 Å². The van der Waals surface area contributed by atoms with Crippen LogP contribution in [0.15, 0.2) is 51.8 Å². The number of anilines is 1. The first-order valence-electron chi connectivity index (χ1n) is 13.1. The van der Waals surface area contributed by atoms with E-state index in [1.54, 1.807) is 29.2 Å². The third-order valence-corrected chi connectivity index (χ3v) is 9.91. The van der Waals surface area contributed by atoms with Crippen molar-refractivity contribution in [2.24, 2.45) is 0 Å². The fraction of sp³-hybridized carbons (Fsp3) is 0.481. The van der Waals surface area contributed by atoms with Crippen LogP contribution in [0.4, 0.5) is 5.13 Å². The molecule has 0 N–H and O–H groups in total. The minimum Gasteiger partial charge on any atom is -0.379 e. The van der Waals surface area contributed by atoms with Crippen molar-refractivity contribution >= 4 is 58.5 Å². The molecule has 11 heteroatoms. The van der Waals surface area contributed by atoms with Gasteiger partial charge in [-0.2, -0.15) is 4.31 Å². The topological polar surface area (TPSA) is 83.1 Å². The third kappa shape index (κ3) is 7.00. The van der Waals surface area contributed by atoms with Crippen molar-refractivity contribution in [1.82, 2.24) is 14.2 Å². The molecule has 2 heterocycles. The highest BCUT2D eigenvalue weighted by Crippen LogP contribution is 2.32. The number of thiazole rings is 1. The van der Waals surface area contributed by atoms with Gasteiger partial charge in [-0.15, -0.1) is 0 Å². The summed E-state index contributed by atoms with van der Waals surface area (Å²) in [6.07, 6.45) is 2.28. The zero-order chi connectivity index (χ0) is 27.1. The number of aromatic nitrogens is 1. The van der Waals surface area contributed by atoms with E-state index >= 15 is 0 Å². The quantitative estimate of drug-likeness (QED) is 0.275. The number of fused-ring (bicyclic) bond motifs is 1. The summed E-state index contributed by atoms with van der Waals surface area (Å²) < 4.78 is 35.3. The van der Waals surface area contributed by atoms with Crippen LogP contribution < -0.4 is 4.90 Å². The van der Waals surface area contributed by atoms with Crippen molar-refractivity contribution in [2.75, 3.05) is 57.4 Å². The fourth-order valence-corrected chi connectivity index (χ4v) is 7.65. The Morgan fingerprint density at radius 2 is 1.74 bits per heavy atom. The summed E-state index contributed by atoms with van der Waals surface area (Å²) in [7, 11) is -3.61. The van der Waals surface area contributed by atoms with Crippen molar-refractivity contribution in [1.29, 1.82) is 0 Å². The van der Waals surface area contributed by atoms with Gasteiger partial charge >= 0.3 is 0 Å². The van der Waals surface area contributed by atoms with Crippen LogP contribution in [0.3, 0.4) is 0 Å². The first-order valence-corrected chi connectivity index (χ1v) is 16.2. The van der Waals surface area contributed by atoms with Gasteiger partial charge < -0.3 is 4.74 Å². The van der Waals surface area contributed by atoms with Crippen LogP contribution in [-0.2, 0) is 14.8 Å². The van der Waals surface area contributed by atoms with Gasteiger partial charge in [0.25, 0.3) is 5.91 Å². The lowest BCUT2D eigenvalue weighted by molar-refractivity contribution is 0.0376. The van der Waals surface area contributed by atoms with E-state index in [-0.39, 0.29) is 10.8 Å². The maximum absolute atomic E-state index is 13.8. The molecule has 8 nitrogen and oxygen atoms in total. The Morgan fingerprint density at radius 3 is 2.39 bits per heavy atom. The summed E-state index contributed by atoms with van der Waals surface area (Å²) in [4.78, 5) is 22.8. The number of sulfonamides is 1. The van der Waals surface area contributed by atoms with Crippen LogP contribution in [0.25, 0.3) is 10.2 Å². The molecule has 1 aromatic heterocycles. The lowest BCUT2D eigenvalue weighted by Gasteiger charge is -2.27. The average Bonchev–Trinajstić information content (AvgIpc) is 3.34. The molecule has 0 bridgehead atoms. The minimum atomic E-state index is -3.61. The smallest absolute Gasteiger partial charge is 0.260 e. The van der Waals surface area contributed by atoms with Crippen molar-refractivity contribution in [3.05, 3.63) is 52.5 Å². The van der Waals surface area contributed by atoms with Gasteiger partial charge in [-0.05, 0) is 61.7 Å². The second-order valence-electron chi connectivity index (χ2n) is 9.30. The molecule has 2 aromatic carbocycles. The van der Waals surface area contributed by atoms with Crippen LogP contribution in [0.1, 0.15) is 43.5 Å². The maximum Gasteiger partial charge on any atom is 0.260 e. The zero-order valence-electron chi connectivity index (χ0n) is 21.9. The van der Waals surface area contributed by atoms with Crippen molar-refractivity contribution < 1.29 is 17.9 Å². The van der Waals surface area contributed by atoms with E-state index in [0.29, 0.717) is 30.3 Å². The highest BCUT2D eigenvalue weighted by Gasteiger charge is 2.25. The van der Waals surface area contributed by atoms with Gasteiger partial charge in [-0.1, -0.05) is 41.1 Å². The van der Waals surface area contributed by atoms with Gasteiger partial charge in [-0.3, -0.25) is 14.6 Å². The summed E-state index contributed by atoms with van der Waals surface area (Å²) >= 11 is 4.99. The summed E-state index contributed by atoms with van der Waals surface area (Å²) in [6.45, 7) is 9.52. The Labute approximate surface area is 237 Å². The molecule has 0 saturated carbocycles. The van der Waals surface area contributed by atoms with Gasteiger partial charge in [0, 0.05) is 49.3 Å². The van der Waals surface area contributed by atoms with Crippen LogP contribution in [0.5, 0.6) is 0 Å².